The second kappa shape index (κ2) is 6.00. The van der Waals surface area contributed by atoms with Gasteiger partial charge in [-0.25, -0.2) is 0 Å². The van der Waals surface area contributed by atoms with Gasteiger partial charge in [0.05, 0.1) is 15.4 Å². The highest BCUT2D eigenvalue weighted by Gasteiger charge is 2.17. The van der Waals surface area contributed by atoms with E-state index in [4.69, 9.17) is 4.74 Å². The summed E-state index contributed by atoms with van der Waals surface area (Å²) in [6.07, 6.45) is 0. The molecule has 0 unspecified atom stereocenters. The van der Waals surface area contributed by atoms with Gasteiger partial charge in [0.2, 0.25) is 0 Å². The monoisotopic (exact) mass is 288 g/mol. The molecule has 0 aliphatic carbocycles. The third kappa shape index (κ3) is 3.33. The molecule has 108 valence electrons. The summed E-state index contributed by atoms with van der Waals surface area (Å²) in [5.41, 5.74) is 0.920. The molecule has 0 saturated carbocycles. The molecule has 0 aromatic heterocycles. The van der Waals surface area contributed by atoms with E-state index < -0.39 is 9.85 Å². The highest BCUT2D eigenvalue weighted by atomic mass is 16.6. The molecule has 2 rings (SSSR count). The maximum absolute atomic E-state index is 10.9. The van der Waals surface area contributed by atoms with Crippen LogP contribution in [0.15, 0.2) is 42.5 Å². The summed E-state index contributed by atoms with van der Waals surface area (Å²) in [7, 11) is 0. The van der Waals surface area contributed by atoms with E-state index in [1.54, 1.807) is 31.2 Å². The van der Waals surface area contributed by atoms with Crippen LogP contribution in [0.5, 0.6) is 5.75 Å². The van der Waals surface area contributed by atoms with Gasteiger partial charge in [-0.05, 0) is 24.6 Å². The van der Waals surface area contributed by atoms with Crippen molar-refractivity contribution in [1.82, 2.24) is 0 Å². The van der Waals surface area contributed by atoms with Crippen LogP contribution in [0.25, 0.3) is 0 Å². The zero-order chi connectivity index (χ0) is 15.4. The number of hydrogen-bond acceptors (Lipinski definition) is 5. The van der Waals surface area contributed by atoms with Gasteiger partial charge in [-0.1, -0.05) is 18.2 Å². The van der Waals surface area contributed by atoms with Gasteiger partial charge < -0.3 is 4.74 Å². The number of benzene rings is 2. The number of aryl methyl sites for hydroxylation is 1. The standard InChI is InChI=1S/C14H12N2O5/c1-10-6-7-13(16(19)20)14(8-10)21-9-11-4-2-3-5-12(11)15(17)18/h2-8H,9H2,1H3. The molecule has 0 aliphatic rings. The zero-order valence-corrected chi connectivity index (χ0v) is 11.2. The first kappa shape index (κ1) is 14.4. The summed E-state index contributed by atoms with van der Waals surface area (Å²) in [5, 5.41) is 21.8. The second-order valence-corrected chi connectivity index (χ2v) is 4.40. The normalized spacial score (nSPS) is 10.1. The Morgan fingerprint density at radius 1 is 1.00 bits per heavy atom. The van der Waals surface area contributed by atoms with Crippen LogP contribution >= 0.6 is 0 Å². The third-order valence-corrected chi connectivity index (χ3v) is 2.88. The smallest absolute Gasteiger partial charge is 0.310 e. The Hall–Kier alpha value is -2.96. The lowest BCUT2D eigenvalue weighted by Crippen LogP contribution is -2.02. The van der Waals surface area contributed by atoms with Crippen molar-refractivity contribution in [3.8, 4) is 5.75 Å². The predicted molar refractivity (Wildman–Crippen MR) is 75.3 cm³/mol. The zero-order valence-electron chi connectivity index (χ0n) is 11.2. The maximum Gasteiger partial charge on any atom is 0.310 e. The van der Waals surface area contributed by atoms with Gasteiger partial charge in [0.1, 0.15) is 6.61 Å². The summed E-state index contributed by atoms with van der Waals surface area (Å²) < 4.78 is 5.41. The van der Waals surface area contributed by atoms with Crippen LogP contribution in [0.3, 0.4) is 0 Å². The molecule has 21 heavy (non-hydrogen) atoms. The highest BCUT2D eigenvalue weighted by Crippen LogP contribution is 2.29. The van der Waals surface area contributed by atoms with Crippen molar-refractivity contribution < 1.29 is 14.6 Å². The van der Waals surface area contributed by atoms with E-state index in [-0.39, 0.29) is 23.7 Å². The molecule has 0 amide bonds. The Balaban J connectivity index is 2.27. The summed E-state index contributed by atoms with van der Waals surface area (Å²) in [6.45, 7) is 1.67. The van der Waals surface area contributed by atoms with Crippen molar-refractivity contribution in [2.45, 2.75) is 13.5 Å². The van der Waals surface area contributed by atoms with Gasteiger partial charge in [-0.2, -0.15) is 0 Å². The first-order valence-corrected chi connectivity index (χ1v) is 6.09. The van der Waals surface area contributed by atoms with Crippen molar-refractivity contribution >= 4 is 11.4 Å². The van der Waals surface area contributed by atoms with Gasteiger partial charge in [0.15, 0.2) is 5.75 Å². The van der Waals surface area contributed by atoms with Gasteiger partial charge in [0, 0.05) is 12.1 Å². The van der Waals surface area contributed by atoms with E-state index in [0.29, 0.717) is 5.56 Å². The minimum atomic E-state index is -0.547. The highest BCUT2D eigenvalue weighted by molar-refractivity contribution is 5.48. The van der Waals surface area contributed by atoms with Gasteiger partial charge in [-0.3, -0.25) is 20.2 Å². The average molecular weight is 288 g/mol. The first-order chi connectivity index (χ1) is 9.99. The number of nitrogens with zero attached hydrogens (tertiary/aromatic N) is 2. The summed E-state index contributed by atoms with van der Waals surface area (Å²) in [5.74, 6) is 0.0955. The summed E-state index contributed by atoms with van der Waals surface area (Å²) >= 11 is 0. The largest absolute Gasteiger partial charge is 0.482 e. The van der Waals surface area contributed by atoms with E-state index in [2.05, 4.69) is 0 Å². The Labute approximate surface area is 120 Å². The molecular formula is C14H12N2O5. The van der Waals surface area contributed by atoms with Crippen LogP contribution in [0.4, 0.5) is 11.4 Å². The Bertz CT molecular complexity index is 700. The number of nitro benzene ring substituents is 2. The molecule has 0 atom stereocenters. The van der Waals surface area contributed by atoms with E-state index in [9.17, 15) is 20.2 Å². The summed E-state index contributed by atoms with van der Waals surface area (Å²) in [4.78, 5) is 20.8. The van der Waals surface area contributed by atoms with Crippen LogP contribution in [-0.4, -0.2) is 9.85 Å². The molecule has 7 nitrogen and oxygen atoms in total. The van der Waals surface area contributed by atoms with Crippen LogP contribution in [0.2, 0.25) is 0 Å². The van der Waals surface area contributed by atoms with Crippen molar-refractivity contribution in [2.24, 2.45) is 0 Å². The molecule has 0 bridgehead atoms. The lowest BCUT2D eigenvalue weighted by Gasteiger charge is -2.08. The Morgan fingerprint density at radius 3 is 2.33 bits per heavy atom. The van der Waals surface area contributed by atoms with Crippen molar-refractivity contribution in [3.05, 3.63) is 73.8 Å². The number of ether oxygens (including phenoxy) is 1. The van der Waals surface area contributed by atoms with E-state index in [1.807, 2.05) is 0 Å². The minimum absolute atomic E-state index is 0.0761. The molecular weight excluding hydrogens is 276 g/mol. The predicted octanol–water partition coefficient (Wildman–Crippen LogP) is 3.39. The molecule has 2 aromatic carbocycles. The lowest BCUT2D eigenvalue weighted by atomic mass is 10.2. The van der Waals surface area contributed by atoms with Crippen molar-refractivity contribution in [3.63, 3.8) is 0 Å². The van der Waals surface area contributed by atoms with Gasteiger partial charge in [-0.15, -0.1) is 0 Å². The van der Waals surface area contributed by atoms with Crippen LogP contribution in [0.1, 0.15) is 11.1 Å². The molecule has 0 spiro atoms. The first-order valence-electron chi connectivity index (χ1n) is 6.09. The fourth-order valence-corrected chi connectivity index (χ4v) is 1.85. The Morgan fingerprint density at radius 2 is 1.67 bits per heavy atom. The van der Waals surface area contributed by atoms with Gasteiger partial charge in [0.25, 0.3) is 5.69 Å². The van der Waals surface area contributed by atoms with Gasteiger partial charge >= 0.3 is 5.69 Å². The SMILES string of the molecule is Cc1ccc([N+](=O)[O-])c(OCc2ccccc2[N+](=O)[O-])c1. The average Bonchev–Trinajstić information content (AvgIpc) is 2.45. The third-order valence-electron chi connectivity index (χ3n) is 2.88. The van der Waals surface area contributed by atoms with Crippen molar-refractivity contribution in [2.75, 3.05) is 0 Å². The number of hydrogen-bond donors (Lipinski definition) is 0. The summed E-state index contributed by atoms with van der Waals surface area (Å²) in [6, 6.07) is 10.6. The molecule has 0 heterocycles. The molecule has 7 heteroatoms. The number of para-hydroxylation sites is 1. The fourth-order valence-electron chi connectivity index (χ4n) is 1.85. The Kier molecular flexibility index (Phi) is 4.13. The van der Waals surface area contributed by atoms with Crippen LogP contribution in [-0.2, 0) is 6.61 Å². The van der Waals surface area contributed by atoms with Crippen LogP contribution in [0, 0.1) is 27.2 Å². The topological polar surface area (TPSA) is 95.5 Å². The fraction of sp³-hybridized carbons (Fsp3) is 0.143. The molecule has 0 aliphatic heterocycles. The van der Waals surface area contributed by atoms with E-state index >= 15 is 0 Å². The second-order valence-electron chi connectivity index (χ2n) is 4.40. The molecule has 0 saturated heterocycles. The lowest BCUT2D eigenvalue weighted by molar-refractivity contribution is -0.386. The number of rotatable bonds is 5. The van der Waals surface area contributed by atoms with E-state index in [1.165, 1.54) is 18.2 Å². The minimum Gasteiger partial charge on any atom is -0.482 e. The molecule has 0 N–H and O–H groups in total. The van der Waals surface area contributed by atoms with Crippen molar-refractivity contribution in [1.29, 1.82) is 0 Å². The molecule has 0 fully saturated rings. The van der Waals surface area contributed by atoms with Crippen LogP contribution < -0.4 is 4.74 Å². The maximum atomic E-state index is 10.9. The number of nitro groups is 2. The van der Waals surface area contributed by atoms with E-state index in [0.717, 1.165) is 5.56 Å². The quantitative estimate of drug-likeness (QED) is 0.620. The molecule has 2 aromatic rings. The molecule has 0 radical (unpaired) electrons.